The zero-order valence-electron chi connectivity index (χ0n) is 20.1. The van der Waals surface area contributed by atoms with Crippen LogP contribution in [0.2, 0.25) is 0 Å². The van der Waals surface area contributed by atoms with Gasteiger partial charge in [0.1, 0.15) is 5.75 Å². The van der Waals surface area contributed by atoms with Crippen LogP contribution in [0, 0.1) is 0 Å². The number of para-hydroxylation sites is 1. The second-order valence-corrected chi connectivity index (χ2v) is 9.12. The molecule has 1 aromatic rings. The van der Waals surface area contributed by atoms with Gasteiger partial charge in [-0.05, 0) is 65.6 Å². The highest BCUT2D eigenvalue weighted by Crippen LogP contribution is 2.31. The number of nitrogens with zero attached hydrogens (tertiary/aromatic N) is 3. The molecule has 2 saturated heterocycles. The molecule has 6 heteroatoms. The van der Waals surface area contributed by atoms with Crippen LogP contribution in [0.25, 0.3) is 0 Å². The van der Waals surface area contributed by atoms with Gasteiger partial charge in [-0.15, -0.1) is 0 Å². The maximum absolute atomic E-state index is 5.71. The molecule has 2 N–H and O–H groups in total. The van der Waals surface area contributed by atoms with E-state index in [2.05, 4.69) is 59.4 Å². The fraction of sp³-hybridized carbons (Fsp3) is 0.720. The molecular formula is C25H43N5O. The van der Waals surface area contributed by atoms with Crippen molar-refractivity contribution in [3.8, 4) is 5.75 Å². The number of ether oxygens (including phenoxy) is 1. The number of hydrogen-bond acceptors (Lipinski definition) is 4. The predicted octanol–water partition coefficient (Wildman–Crippen LogP) is 3.65. The maximum atomic E-state index is 5.71. The van der Waals surface area contributed by atoms with Gasteiger partial charge in [0.25, 0.3) is 0 Å². The van der Waals surface area contributed by atoms with Gasteiger partial charge in [-0.2, -0.15) is 0 Å². The van der Waals surface area contributed by atoms with Crippen LogP contribution in [0.5, 0.6) is 5.75 Å². The molecule has 0 radical (unpaired) electrons. The molecule has 2 heterocycles. The average Bonchev–Trinajstić information content (AvgIpc) is 2.80. The summed E-state index contributed by atoms with van der Waals surface area (Å²) in [6, 6.07) is 9.81. The van der Waals surface area contributed by atoms with E-state index in [0.717, 1.165) is 51.0 Å². The number of rotatable bonds is 8. The molecule has 174 valence electrons. The van der Waals surface area contributed by atoms with Crippen LogP contribution in [-0.4, -0.2) is 74.2 Å². The van der Waals surface area contributed by atoms with Crippen LogP contribution in [0.3, 0.4) is 0 Å². The van der Waals surface area contributed by atoms with Crippen LogP contribution in [-0.2, 0) is 0 Å². The molecule has 0 aromatic heterocycles. The van der Waals surface area contributed by atoms with E-state index in [0.29, 0.717) is 12.1 Å². The number of aliphatic imine (C=N–C) groups is 1. The minimum absolute atomic E-state index is 0.245. The highest BCUT2D eigenvalue weighted by atomic mass is 16.5. The summed E-state index contributed by atoms with van der Waals surface area (Å²) in [4.78, 5) is 10.2. The Morgan fingerprint density at radius 1 is 1.06 bits per heavy atom. The molecule has 0 spiro atoms. The lowest BCUT2D eigenvalue weighted by atomic mass is 10.0. The number of hydrogen-bond donors (Lipinski definition) is 2. The van der Waals surface area contributed by atoms with Crippen LogP contribution in [0.4, 0.5) is 0 Å². The average molecular weight is 430 g/mol. The Kier molecular flexibility index (Phi) is 9.47. The van der Waals surface area contributed by atoms with Crippen molar-refractivity contribution in [3.63, 3.8) is 0 Å². The first-order chi connectivity index (χ1) is 15.1. The lowest BCUT2D eigenvalue weighted by molar-refractivity contribution is 0.164. The number of benzene rings is 1. The fourth-order valence-corrected chi connectivity index (χ4v) is 4.83. The van der Waals surface area contributed by atoms with Crippen molar-refractivity contribution in [2.24, 2.45) is 4.99 Å². The first-order valence-electron chi connectivity index (χ1n) is 12.3. The van der Waals surface area contributed by atoms with E-state index in [9.17, 15) is 0 Å². The summed E-state index contributed by atoms with van der Waals surface area (Å²) >= 11 is 0. The van der Waals surface area contributed by atoms with E-state index in [1.807, 2.05) is 6.07 Å². The maximum Gasteiger partial charge on any atom is 0.191 e. The Morgan fingerprint density at radius 2 is 1.77 bits per heavy atom. The summed E-state index contributed by atoms with van der Waals surface area (Å²) in [5, 5.41) is 7.19. The fourth-order valence-electron chi connectivity index (χ4n) is 4.83. The molecule has 2 aliphatic heterocycles. The van der Waals surface area contributed by atoms with Gasteiger partial charge in [0, 0.05) is 37.3 Å². The lowest BCUT2D eigenvalue weighted by Crippen LogP contribution is -2.50. The van der Waals surface area contributed by atoms with Gasteiger partial charge >= 0.3 is 0 Å². The first kappa shape index (κ1) is 23.9. The van der Waals surface area contributed by atoms with Crippen LogP contribution >= 0.6 is 0 Å². The Labute approximate surface area is 189 Å². The van der Waals surface area contributed by atoms with Crippen molar-refractivity contribution in [1.82, 2.24) is 20.4 Å². The number of piperidine rings is 2. The van der Waals surface area contributed by atoms with Gasteiger partial charge in [-0.1, -0.05) is 24.6 Å². The lowest BCUT2D eigenvalue weighted by Gasteiger charge is -2.36. The number of nitrogens with one attached hydrogen (secondary N) is 2. The second kappa shape index (κ2) is 12.3. The Morgan fingerprint density at radius 3 is 2.42 bits per heavy atom. The molecule has 1 aromatic carbocycles. The normalized spacial score (nSPS) is 20.6. The molecule has 0 saturated carbocycles. The zero-order chi connectivity index (χ0) is 22.1. The molecular weight excluding hydrogens is 386 g/mol. The van der Waals surface area contributed by atoms with E-state index < -0.39 is 0 Å². The monoisotopic (exact) mass is 429 g/mol. The molecule has 0 aliphatic carbocycles. The Bertz CT molecular complexity index is 678. The van der Waals surface area contributed by atoms with Crippen LogP contribution in [0.15, 0.2) is 29.3 Å². The summed E-state index contributed by atoms with van der Waals surface area (Å²) in [5.74, 6) is 1.91. The third-order valence-electron chi connectivity index (χ3n) is 6.70. The zero-order valence-corrected chi connectivity index (χ0v) is 20.1. The Balaban J connectivity index is 1.71. The van der Waals surface area contributed by atoms with Gasteiger partial charge in [-0.3, -0.25) is 9.89 Å². The minimum atomic E-state index is 0.245. The van der Waals surface area contributed by atoms with Gasteiger partial charge < -0.3 is 20.3 Å². The first-order valence-corrected chi connectivity index (χ1v) is 12.3. The molecule has 0 bridgehead atoms. The summed E-state index contributed by atoms with van der Waals surface area (Å²) in [7, 11) is 1.77. The van der Waals surface area contributed by atoms with Crippen molar-refractivity contribution < 1.29 is 4.74 Å². The number of methoxy groups -OCH3 is 1. The standard InChI is InChI=1S/C25H43N5O/c1-5-26-25(28-21-13-17-29(18-14-21)20(2)3)27-19-23(30-15-9-6-10-16-30)22-11-7-8-12-24(22)31-4/h7-8,11-12,20-21,23H,5-6,9-10,13-19H2,1-4H3,(H2,26,27,28). The summed E-state index contributed by atoms with van der Waals surface area (Å²) in [6.45, 7) is 12.9. The van der Waals surface area contributed by atoms with Crippen molar-refractivity contribution >= 4 is 5.96 Å². The number of guanidine groups is 1. The Hall–Kier alpha value is -1.79. The summed E-state index contributed by atoms with van der Waals surface area (Å²) in [5.41, 5.74) is 1.25. The van der Waals surface area contributed by atoms with E-state index in [4.69, 9.17) is 9.73 Å². The van der Waals surface area contributed by atoms with E-state index >= 15 is 0 Å². The summed E-state index contributed by atoms with van der Waals surface area (Å²) < 4.78 is 5.71. The molecule has 6 nitrogen and oxygen atoms in total. The van der Waals surface area contributed by atoms with Crippen LogP contribution in [0.1, 0.15) is 64.5 Å². The van der Waals surface area contributed by atoms with Crippen molar-refractivity contribution in [1.29, 1.82) is 0 Å². The molecule has 2 aliphatic rings. The van der Waals surface area contributed by atoms with Crippen molar-refractivity contribution in [2.45, 2.75) is 71.0 Å². The highest BCUT2D eigenvalue weighted by Gasteiger charge is 2.25. The second-order valence-electron chi connectivity index (χ2n) is 9.12. The SMILES string of the molecule is CCNC(=NCC(c1ccccc1OC)N1CCCCC1)NC1CCN(C(C)C)CC1. The van der Waals surface area contributed by atoms with E-state index in [1.54, 1.807) is 7.11 Å². The minimum Gasteiger partial charge on any atom is -0.496 e. The van der Waals surface area contributed by atoms with Crippen LogP contribution < -0.4 is 15.4 Å². The van der Waals surface area contributed by atoms with Gasteiger partial charge in [0.15, 0.2) is 5.96 Å². The molecule has 3 rings (SSSR count). The molecule has 0 amide bonds. The van der Waals surface area contributed by atoms with E-state index in [-0.39, 0.29) is 6.04 Å². The smallest absolute Gasteiger partial charge is 0.191 e. The number of likely N-dealkylation sites (tertiary alicyclic amines) is 2. The van der Waals surface area contributed by atoms with Gasteiger partial charge in [0.05, 0.1) is 19.7 Å². The largest absolute Gasteiger partial charge is 0.496 e. The topological polar surface area (TPSA) is 52.1 Å². The van der Waals surface area contributed by atoms with Gasteiger partial charge in [-0.25, -0.2) is 0 Å². The molecule has 31 heavy (non-hydrogen) atoms. The van der Waals surface area contributed by atoms with Crippen molar-refractivity contribution in [3.05, 3.63) is 29.8 Å². The molecule has 1 unspecified atom stereocenters. The molecule has 2 fully saturated rings. The quantitative estimate of drug-likeness (QED) is 0.488. The van der Waals surface area contributed by atoms with E-state index in [1.165, 1.54) is 37.7 Å². The molecule has 1 atom stereocenters. The third kappa shape index (κ3) is 6.84. The third-order valence-corrected chi connectivity index (χ3v) is 6.70. The summed E-state index contributed by atoms with van der Waals surface area (Å²) in [6.07, 6.45) is 6.21. The predicted molar refractivity (Wildman–Crippen MR) is 130 cm³/mol. The van der Waals surface area contributed by atoms with Crippen molar-refractivity contribution in [2.75, 3.05) is 46.4 Å². The van der Waals surface area contributed by atoms with Gasteiger partial charge in [0.2, 0.25) is 0 Å². The highest BCUT2D eigenvalue weighted by molar-refractivity contribution is 5.80.